The lowest BCUT2D eigenvalue weighted by Crippen LogP contribution is -2.36. The van der Waals surface area contributed by atoms with Crippen molar-refractivity contribution in [2.75, 3.05) is 43.5 Å². The molecule has 1 aromatic heterocycles. The molecular weight excluding hydrogens is 392 g/mol. The summed E-state index contributed by atoms with van der Waals surface area (Å²) in [5.41, 5.74) is 10.1. The first-order chi connectivity index (χ1) is 15.2. The molecule has 1 aliphatic rings. The summed E-state index contributed by atoms with van der Waals surface area (Å²) in [5.74, 6) is 0.151. The number of benzene rings is 2. The summed E-state index contributed by atoms with van der Waals surface area (Å²) in [6.45, 7) is 2.69. The number of nitrogen functional groups attached to an aromatic ring is 1. The topological polar surface area (TPSA) is 101 Å². The van der Waals surface area contributed by atoms with E-state index in [1.165, 1.54) is 0 Å². The molecule has 0 unspecified atom stereocenters. The monoisotopic (exact) mass is 418 g/mol. The normalized spacial score (nSPS) is 14.8. The van der Waals surface area contributed by atoms with Gasteiger partial charge < -0.3 is 25.8 Å². The van der Waals surface area contributed by atoms with Crippen LogP contribution in [0.2, 0.25) is 0 Å². The van der Waals surface area contributed by atoms with Crippen LogP contribution in [0.25, 0.3) is 11.1 Å². The van der Waals surface area contributed by atoms with Gasteiger partial charge in [0.15, 0.2) is 0 Å². The molecule has 4 N–H and O–H groups in total. The zero-order chi connectivity index (χ0) is 21.6. The molecule has 0 bridgehead atoms. The standard InChI is InChI=1S/C24H26N4O3/c25-23-21(14-18(15-26-23)28-10-12-31-13-11-28)19-8-4-5-9-20(19)22(16-29)27-24(30)17-6-2-1-3-7-17/h1-9,14-15,22,29H,10-13,16H2,(H2,25,26)(H,27,30)/t22-/m1/s1. The Balaban J connectivity index is 1.67. The molecule has 31 heavy (non-hydrogen) atoms. The molecule has 1 fully saturated rings. The van der Waals surface area contributed by atoms with Crippen LogP contribution < -0.4 is 16.0 Å². The molecule has 160 valence electrons. The maximum atomic E-state index is 12.7. The van der Waals surface area contributed by atoms with E-state index in [1.54, 1.807) is 30.5 Å². The molecule has 0 radical (unpaired) electrons. The van der Waals surface area contributed by atoms with E-state index in [4.69, 9.17) is 10.5 Å². The molecule has 1 amide bonds. The van der Waals surface area contributed by atoms with E-state index in [0.29, 0.717) is 24.6 Å². The Bertz CT molecular complexity index is 1040. The Morgan fingerprint density at radius 3 is 2.55 bits per heavy atom. The third-order valence-corrected chi connectivity index (χ3v) is 5.43. The van der Waals surface area contributed by atoms with Crippen molar-refractivity contribution in [3.8, 4) is 11.1 Å². The minimum Gasteiger partial charge on any atom is -0.394 e. The summed E-state index contributed by atoms with van der Waals surface area (Å²) in [6.07, 6.45) is 1.77. The van der Waals surface area contributed by atoms with Gasteiger partial charge in [-0.2, -0.15) is 0 Å². The van der Waals surface area contributed by atoms with E-state index in [2.05, 4.69) is 15.2 Å². The average Bonchev–Trinajstić information content (AvgIpc) is 2.84. The number of ether oxygens (including phenoxy) is 1. The van der Waals surface area contributed by atoms with E-state index in [9.17, 15) is 9.90 Å². The molecular formula is C24H26N4O3. The molecule has 2 aromatic carbocycles. The lowest BCUT2D eigenvalue weighted by Gasteiger charge is -2.29. The molecule has 1 atom stereocenters. The van der Waals surface area contributed by atoms with Crippen LogP contribution in [0.4, 0.5) is 11.5 Å². The number of morpholine rings is 1. The molecule has 0 aliphatic carbocycles. The average molecular weight is 418 g/mol. The van der Waals surface area contributed by atoms with Crippen LogP contribution in [0.15, 0.2) is 66.9 Å². The van der Waals surface area contributed by atoms with E-state index >= 15 is 0 Å². The van der Waals surface area contributed by atoms with Gasteiger partial charge in [-0.3, -0.25) is 4.79 Å². The van der Waals surface area contributed by atoms with E-state index in [0.717, 1.165) is 35.5 Å². The van der Waals surface area contributed by atoms with Gasteiger partial charge in [-0.1, -0.05) is 42.5 Å². The number of hydrogen-bond donors (Lipinski definition) is 3. The molecule has 4 rings (SSSR count). The summed E-state index contributed by atoms with van der Waals surface area (Å²) in [7, 11) is 0. The second-order valence-electron chi connectivity index (χ2n) is 7.39. The van der Waals surface area contributed by atoms with Crippen molar-refractivity contribution < 1.29 is 14.6 Å². The Kier molecular flexibility index (Phi) is 6.45. The van der Waals surface area contributed by atoms with Gasteiger partial charge in [0.05, 0.1) is 37.7 Å². The van der Waals surface area contributed by atoms with Crippen molar-refractivity contribution in [2.24, 2.45) is 0 Å². The highest BCUT2D eigenvalue weighted by Gasteiger charge is 2.21. The van der Waals surface area contributed by atoms with Crippen molar-refractivity contribution in [2.45, 2.75) is 6.04 Å². The van der Waals surface area contributed by atoms with Crippen molar-refractivity contribution in [1.29, 1.82) is 0 Å². The lowest BCUT2D eigenvalue weighted by atomic mass is 9.94. The second kappa shape index (κ2) is 9.59. The predicted octanol–water partition coefficient (Wildman–Crippen LogP) is 2.63. The number of rotatable bonds is 6. The number of aromatic nitrogens is 1. The number of aliphatic hydroxyl groups is 1. The number of carbonyl (C=O) groups excluding carboxylic acids is 1. The van der Waals surface area contributed by atoms with Crippen LogP contribution in [-0.4, -0.2) is 48.9 Å². The summed E-state index contributed by atoms with van der Waals surface area (Å²) in [4.78, 5) is 19.3. The number of aliphatic hydroxyl groups excluding tert-OH is 1. The molecule has 0 saturated carbocycles. The predicted molar refractivity (Wildman–Crippen MR) is 121 cm³/mol. The highest BCUT2D eigenvalue weighted by Crippen LogP contribution is 2.34. The Hall–Kier alpha value is -3.42. The van der Waals surface area contributed by atoms with Crippen molar-refractivity contribution in [1.82, 2.24) is 10.3 Å². The Morgan fingerprint density at radius 2 is 1.81 bits per heavy atom. The largest absolute Gasteiger partial charge is 0.394 e. The fraction of sp³-hybridized carbons (Fsp3) is 0.250. The van der Waals surface area contributed by atoms with Gasteiger partial charge in [0.25, 0.3) is 5.91 Å². The summed E-state index contributed by atoms with van der Waals surface area (Å²) in [6, 6.07) is 18.0. The van der Waals surface area contributed by atoms with Crippen molar-refractivity contribution >= 4 is 17.4 Å². The van der Waals surface area contributed by atoms with Crippen LogP contribution in [0, 0.1) is 0 Å². The van der Waals surface area contributed by atoms with Crippen LogP contribution >= 0.6 is 0 Å². The van der Waals surface area contributed by atoms with Crippen LogP contribution in [0.1, 0.15) is 22.0 Å². The number of pyridine rings is 1. The van der Waals surface area contributed by atoms with Gasteiger partial charge in [0.2, 0.25) is 0 Å². The highest BCUT2D eigenvalue weighted by molar-refractivity contribution is 5.94. The second-order valence-corrected chi connectivity index (χ2v) is 7.39. The number of nitrogens with one attached hydrogen (secondary N) is 1. The summed E-state index contributed by atoms with van der Waals surface area (Å²) < 4.78 is 5.44. The molecule has 0 spiro atoms. The van der Waals surface area contributed by atoms with Crippen LogP contribution in [-0.2, 0) is 4.74 Å². The first-order valence-electron chi connectivity index (χ1n) is 10.3. The summed E-state index contributed by atoms with van der Waals surface area (Å²) in [5, 5.41) is 13.0. The van der Waals surface area contributed by atoms with Gasteiger partial charge in [-0.25, -0.2) is 4.98 Å². The minimum absolute atomic E-state index is 0.244. The van der Waals surface area contributed by atoms with Gasteiger partial charge in [0, 0.05) is 24.2 Å². The minimum atomic E-state index is -0.588. The van der Waals surface area contributed by atoms with Crippen molar-refractivity contribution in [3.63, 3.8) is 0 Å². The third kappa shape index (κ3) is 4.68. The van der Waals surface area contributed by atoms with Gasteiger partial charge in [0.1, 0.15) is 5.82 Å². The first kappa shape index (κ1) is 20.8. The quantitative estimate of drug-likeness (QED) is 0.569. The van der Waals surface area contributed by atoms with E-state index in [-0.39, 0.29) is 12.5 Å². The van der Waals surface area contributed by atoms with Gasteiger partial charge in [-0.05, 0) is 29.3 Å². The SMILES string of the molecule is Nc1ncc(N2CCOCC2)cc1-c1ccccc1[C@@H](CO)NC(=O)c1ccccc1. The third-order valence-electron chi connectivity index (χ3n) is 5.43. The number of nitrogens with two attached hydrogens (primary N) is 1. The maximum Gasteiger partial charge on any atom is 0.251 e. The number of nitrogens with zero attached hydrogens (tertiary/aromatic N) is 2. The Morgan fingerprint density at radius 1 is 1.10 bits per heavy atom. The summed E-state index contributed by atoms with van der Waals surface area (Å²) >= 11 is 0. The number of anilines is 2. The lowest BCUT2D eigenvalue weighted by molar-refractivity contribution is 0.0916. The van der Waals surface area contributed by atoms with Gasteiger partial charge >= 0.3 is 0 Å². The molecule has 7 heteroatoms. The number of amides is 1. The van der Waals surface area contributed by atoms with Gasteiger partial charge in [-0.15, -0.1) is 0 Å². The highest BCUT2D eigenvalue weighted by atomic mass is 16.5. The zero-order valence-corrected chi connectivity index (χ0v) is 17.2. The molecule has 7 nitrogen and oxygen atoms in total. The Labute approximate surface area is 181 Å². The maximum absolute atomic E-state index is 12.7. The van der Waals surface area contributed by atoms with Crippen LogP contribution in [0.3, 0.4) is 0 Å². The smallest absolute Gasteiger partial charge is 0.251 e. The molecule has 1 saturated heterocycles. The van der Waals surface area contributed by atoms with Crippen molar-refractivity contribution in [3.05, 3.63) is 78.0 Å². The zero-order valence-electron chi connectivity index (χ0n) is 17.2. The first-order valence-corrected chi connectivity index (χ1v) is 10.3. The van der Waals surface area contributed by atoms with E-state index in [1.807, 2.05) is 36.4 Å². The number of carbonyl (C=O) groups is 1. The fourth-order valence-electron chi connectivity index (χ4n) is 3.77. The number of hydrogen-bond acceptors (Lipinski definition) is 6. The molecule has 3 aromatic rings. The molecule has 2 heterocycles. The van der Waals surface area contributed by atoms with Crippen LogP contribution in [0.5, 0.6) is 0 Å². The van der Waals surface area contributed by atoms with E-state index < -0.39 is 6.04 Å². The molecule has 1 aliphatic heterocycles. The fourth-order valence-corrected chi connectivity index (χ4v) is 3.77.